The van der Waals surface area contributed by atoms with Gasteiger partial charge in [0.15, 0.2) is 0 Å². The van der Waals surface area contributed by atoms with Crippen LogP contribution < -0.4 is 5.32 Å². The van der Waals surface area contributed by atoms with Crippen LogP contribution >= 0.6 is 15.9 Å². The highest BCUT2D eigenvalue weighted by atomic mass is 79.9. The quantitative estimate of drug-likeness (QED) is 0.910. The summed E-state index contributed by atoms with van der Waals surface area (Å²) in [5.74, 6) is 0.762. The number of anilines is 1. The molecule has 0 radical (unpaired) electrons. The molecule has 0 aromatic heterocycles. The largest absolute Gasteiger partial charge is 0.385 e. The van der Waals surface area contributed by atoms with Gasteiger partial charge in [0.1, 0.15) is 0 Å². The lowest BCUT2D eigenvalue weighted by molar-refractivity contribution is 0.0699. The lowest BCUT2D eigenvalue weighted by Gasteiger charge is -2.22. The van der Waals surface area contributed by atoms with E-state index in [0.717, 1.165) is 30.1 Å². The Morgan fingerprint density at radius 2 is 2.13 bits per heavy atom. The molecule has 1 aromatic rings. The van der Waals surface area contributed by atoms with Crippen molar-refractivity contribution in [1.29, 1.82) is 0 Å². The van der Waals surface area contributed by atoms with E-state index in [2.05, 4.69) is 39.4 Å². The van der Waals surface area contributed by atoms with Gasteiger partial charge in [0.2, 0.25) is 0 Å². The van der Waals surface area contributed by atoms with E-state index in [9.17, 15) is 0 Å². The molecular weight excluding hydrogens is 254 g/mol. The molecule has 0 atom stereocenters. The van der Waals surface area contributed by atoms with Crippen LogP contribution in [0, 0.1) is 5.92 Å². The molecule has 0 spiro atoms. The fraction of sp³-hybridized carbons (Fsp3) is 0.500. The molecule has 0 saturated carbocycles. The summed E-state index contributed by atoms with van der Waals surface area (Å²) >= 11 is 3.47. The number of ether oxygens (including phenoxy) is 1. The van der Waals surface area contributed by atoms with E-state index in [1.54, 1.807) is 0 Å². The molecule has 1 aliphatic heterocycles. The molecule has 0 amide bonds. The van der Waals surface area contributed by atoms with Gasteiger partial charge in [-0.25, -0.2) is 0 Å². The predicted molar refractivity (Wildman–Crippen MR) is 66.2 cm³/mol. The van der Waals surface area contributed by atoms with Crippen LogP contribution in [0.4, 0.5) is 5.69 Å². The van der Waals surface area contributed by atoms with E-state index in [4.69, 9.17) is 4.74 Å². The molecule has 3 heteroatoms. The van der Waals surface area contributed by atoms with Crippen molar-refractivity contribution in [1.82, 2.24) is 0 Å². The van der Waals surface area contributed by atoms with Gasteiger partial charge < -0.3 is 10.1 Å². The smallest absolute Gasteiger partial charge is 0.0469 e. The summed E-state index contributed by atoms with van der Waals surface area (Å²) in [5, 5.41) is 3.47. The third-order valence-electron chi connectivity index (χ3n) is 2.76. The van der Waals surface area contributed by atoms with E-state index in [-0.39, 0.29) is 0 Å². The lowest BCUT2D eigenvalue weighted by Crippen LogP contribution is -2.22. The summed E-state index contributed by atoms with van der Waals surface area (Å²) in [6.45, 7) is 2.90. The van der Waals surface area contributed by atoms with Crippen molar-refractivity contribution in [2.45, 2.75) is 12.8 Å². The highest BCUT2D eigenvalue weighted by Crippen LogP contribution is 2.18. The average Bonchev–Trinajstić information content (AvgIpc) is 2.28. The first-order valence-corrected chi connectivity index (χ1v) is 6.21. The first-order valence-electron chi connectivity index (χ1n) is 5.42. The molecule has 0 bridgehead atoms. The Bertz CT molecular complexity index is 310. The Hall–Kier alpha value is -0.540. The zero-order chi connectivity index (χ0) is 10.5. The van der Waals surface area contributed by atoms with Crippen molar-refractivity contribution < 1.29 is 4.74 Å². The van der Waals surface area contributed by atoms with Gasteiger partial charge in [-0.05, 0) is 37.0 Å². The third kappa shape index (κ3) is 3.50. The molecule has 0 aliphatic carbocycles. The maximum absolute atomic E-state index is 5.34. The Labute approximate surface area is 99.1 Å². The fourth-order valence-electron chi connectivity index (χ4n) is 1.81. The number of benzene rings is 1. The lowest BCUT2D eigenvalue weighted by atomic mass is 10.0. The van der Waals surface area contributed by atoms with Gasteiger partial charge in [0.05, 0.1) is 0 Å². The van der Waals surface area contributed by atoms with Crippen molar-refractivity contribution in [3.63, 3.8) is 0 Å². The molecule has 1 fully saturated rings. The molecule has 15 heavy (non-hydrogen) atoms. The van der Waals surface area contributed by atoms with Gasteiger partial charge in [-0.2, -0.15) is 0 Å². The second kappa shape index (κ2) is 5.52. The number of hydrogen-bond donors (Lipinski definition) is 1. The first-order chi connectivity index (χ1) is 7.34. The second-order valence-corrected chi connectivity index (χ2v) is 4.86. The topological polar surface area (TPSA) is 21.3 Å². The van der Waals surface area contributed by atoms with Crippen LogP contribution in [0.5, 0.6) is 0 Å². The summed E-state index contributed by atoms with van der Waals surface area (Å²) in [6, 6.07) is 8.30. The summed E-state index contributed by atoms with van der Waals surface area (Å²) in [4.78, 5) is 0. The highest BCUT2D eigenvalue weighted by molar-refractivity contribution is 9.10. The molecule has 0 unspecified atom stereocenters. The van der Waals surface area contributed by atoms with E-state index in [1.807, 2.05) is 6.07 Å². The molecule has 1 aromatic carbocycles. The standard InChI is InChI=1S/C12H16BrNO/c13-11-2-1-3-12(8-11)14-9-10-4-6-15-7-5-10/h1-3,8,10,14H,4-7,9H2. The minimum Gasteiger partial charge on any atom is -0.385 e. The number of halogens is 1. The van der Waals surface area contributed by atoms with Crippen molar-refractivity contribution in [2.24, 2.45) is 5.92 Å². The maximum Gasteiger partial charge on any atom is 0.0469 e. The predicted octanol–water partition coefficient (Wildman–Crippen LogP) is 3.29. The Balaban J connectivity index is 1.81. The molecule has 2 nitrogen and oxygen atoms in total. The van der Waals surface area contributed by atoms with Crippen LogP contribution in [0.2, 0.25) is 0 Å². The summed E-state index contributed by atoms with van der Waals surface area (Å²) < 4.78 is 6.46. The Morgan fingerprint density at radius 3 is 2.87 bits per heavy atom. The van der Waals surface area contributed by atoms with Crippen LogP contribution in [0.1, 0.15) is 12.8 Å². The summed E-state index contributed by atoms with van der Waals surface area (Å²) in [5.41, 5.74) is 1.19. The Morgan fingerprint density at radius 1 is 1.33 bits per heavy atom. The van der Waals surface area contributed by atoms with Crippen molar-refractivity contribution in [3.05, 3.63) is 28.7 Å². The molecule has 1 heterocycles. The van der Waals surface area contributed by atoms with Gasteiger partial charge in [-0.15, -0.1) is 0 Å². The van der Waals surface area contributed by atoms with Crippen LogP contribution in [-0.2, 0) is 4.74 Å². The zero-order valence-electron chi connectivity index (χ0n) is 8.71. The molecule has 1 N–H and O–H groups in total. The van der Waals surface area contributed by atoms with Crippen LogP contribution in [0.15, 0.2) is 28.7 Å². The summed E-state index contributed by atoms with van der Waals surface area (Å²) in [6.07, 6.45) is 2.36. The van der Waals surface area contributed by atoms with Crippen LogP contribution in [0.25, 0.3) is 0 Å². The number of nitrogens with one attached hydrogen (secondary N) is 1. The molecule has 2 rings (SSSR count). The summed E-state index contributed by atoms with van der Waals surface area (Å²) in [7, 11) is 0. The monoisotopic (exact) mass is 269 g/mol. The van der Waals surface area contributed by atoms with Gasteiger partial charge in [-0.3, -0.25) is 0 Å². The van der Waals surface area contributed by atoms with Crippen molar-refractivity contribution >= 4 is 21.6 Å². The molecule has 1 aliphatic rings. The van der Waals surface area contributed by atoms with Gasteiger partial charge in [-0.1, -0.05) is 22.0 Å². The number of rotatable bonds is 3. The van der Waals surface area contributed by atoms with Gasteiger partial charge in [0.25, 0.3) is 0 Å². The van der Waals surface area contributed by atoms with Gasteiger partial charge in [0, 0.05) is 29.9 Å². The Kier molecular flexibility index (Phi) is 4.03. The minimum absolute atomic E-state index is 0.762. The van der Waals surface area contributed by atoms with E-state index < -0.39 is 0 Å². The highest BCUT2D eigenvalue weighted by Gasteiger charge is 2.12. The van der Waals surface area contributed by atoms with Gasteiger partial charge >= 0.3 is 0 Å². The minimum atomic E-state index is 0.762. The van der Waals surface area contributed by atoms with E-state index >= 15 is 0 Å². The maximum atomic E-state index is 5.34. The van der Waals surface area contributed by atoms with Crippen molar-refractivity contribution in [2.75, 3.05) is 25.1 Å². The van der Waals surface area contributed by atoms with Crippen LogP contribution in [-0.4, -0.2) is 19.8 Å². The SMILES string of the molecule is Brc1cccc(NCC2CCOCC2)c1. The number of hydrogen-bond acceptors (Lipinski definition) is 2. The average molecular weight is 270 g/mol. The molecule has 1 saturated heterocycles. The van der Waals surface area contributed by atoms with E-state index in [0.29, 0.717) is 0 Å². The molecule has 82 valence electrons. The third-order valence-corrected chi connectivity index (χ3v) is 3.25. The second-order valence-electron chi connectivity index (χ2n) is 3.95. The molecular formula is C12H16BrNO. The van der Waals surface area contributed by atoms with Crippen LogP contribution in [0.3, 0.4) is 0 Å². The first kappa shape index (κ1) is 11.0. The fourth-order valence-corrected chi connectivity index (χ4v) is 2.21. The van der Waals surface area contributed by atoms with Crippen molar-refractivity contribution in [3.8, 4) is 0 Å². The van der Waals surface area contributed by atoms with E-state index in [1.165, 1.54) is 18.5 Å². The normalized spacial score (nSPS) is 17.7. The zero-order valence-corrected chi connectivity index (χ0v) is 10.3.